The molecule has 0 unspecified atom stereocenters. The second-order valence-electron chi connectivity index (χ2n) is 6.74. The van der Waals surface area contributed by atoms with Crippen molar-refractivity contribution in [3.05, 3.63) is 71.6 Å². The lowest BCUT2D eigenvalue weighted by Crippen LogP contribution is -2.25. The second-order valence-corrected chi connectivity index (χ2v) is 6.74. The molecule has 8 heteroatoms. The molecule has 1 amide bonds. The van der Waals surface area contributed by atoms with Crippen molar-refractivity contribution < 1.29 is 18.7 Å². The Morgan fingerprint density at radius 2 is 2.00 bits per heavy atom. The summed E-state index contributed by atoms with van der Waals surface area (Å²) < 4.78 is 16.5. The van der Waals surface area contributed by atoms with E-state index in [4.69, 9.17) is 13.9 Å². The highest BCUT2D eigenvalue weighted by atomic mass is 16.5. The van der Waals surface area contributed by atoms with E-state index in [9.17, 15) is 4.79 Å². The van der Waals surface area contributed by atoms with Crippen LogP contribution in [0.4, 0.5) is 0 Å². The Labute approximate surface area is 173 Å². The van der Waals surface area contributed by atoms with Gasteiger partial charge in [-0.05, 0) is 35.9 Å². The van der Waals surface area contributed by atoms with Crippen molar-refractivity contribution in [1.29, 1.82) is 0 Å². The highest BCUT2D eigenvalue weighted by Crippen LogP contribution is 2.29. The SMILES string of the molecule is COc1ccc(Cc2nc3ccc(C(=O)NCCc4cnc[nH]4)cc3o2)cc1OC. The molecular weight excluding hydrogens is 384 g/mol. The largest absolute Gasteiger partial charge is 0.493 e. The number of benzene rings is 2. The fourth-order valence-electron chi connectivity index (χ4n) is 3.19. The van der Waals surface area contributed by atoms with E-state index >= 15 is 0 Å². The maximum Gasteiger partial charge on any atom is 0.251 e. The average molecular weight is 406 g/mol. The van der Waals surface area contributed by atoms with E-state index in [1.807, 2.05) is 18.2 Å². The van der Waals surface area contributed by atoms with Gasteiger partial charge in [0.05, 0.1) is 20.5 Å². The number of aromatic amines is 1. The minimum Gasteiger partial charge on any atom is -0.493 e. The summed E-state index contributed by atoms with van der Waals surface area (Å²) in [4.78, 5) is 23.9. The fraction of sp³-hybridized carbons (Fsp3) is 0.227. The van der Waals surface area contributed by atoms with Crippen LogP contribution in [0.25, 0.3) is 11.1 Å². The molecule has 0 aliphatic carbocycles. The Hall–Kier alpha value is -3.81. The molecule has 2 N–H and O–H groups in total. The number of nitrogens with zero attached hydrogens (tertiary/aromatic N) is 2. The van der Waals surface area contributed by atoms with Crippen LogP contribution in [0.5, 0.6) is 11.5 Å². The number of fused-ring (bicyclic) bond motifs is 1. The monoisotopic (exact) mass is 406 g/mol. The summed E-state index contributed by atoms with van der Waals surface area (Å²) in [7, 11) is 3.20. The van der Waals surface area contributed by atoms with Crippen LogP contribution in [0.2, 0.25) is 0 Å². The lowest BCUT2D eigenvalue weighted by Gasteiger charge is -2.08. The Morgan fingerprint density at radius 3 is 2.77 bits per heavy atom. The lowest BCUT2D eigenvalue weighted by atomic mass is 10.1. The van der Waals surface area contributed by atoms with Crippen LogP contribution in [-0.2, 0) is 12.8 Å². The van der Waals surface area contributed by atoms with Crippen LogP contribution >= 0.6 is 0 Å². The molecule has 8 nitrogen and oxygen atoms in total. The second kappa shape index (κ2) is 8.69. The Bertz CT molecular complexity index is 1150. The molecular formula is C22H22N4O4. The van der Waals surface area contributed by atoms with E-state index in [2.05, 4.69) is 20.3 Å². The van der Waals surface area contributed by atoms with Gasteiger partial charge in [-0.3, -0.25) is 4.79 Å². The first-order valence-electron chi connectivity index (χ1n) is 9.52. The molecule has 154 valence electrons. The van der Waals surface area contributed by atoms with Gasteiger partial charge < -0.3 is 24.2 Å². The molecule has 4 rings (SSSR count). The number of hydrogen-bond donors (Lipinski definition) is 2. The first-order valence-corrected chi connectivity index (χ1v) is 9.52. The first kappa shape index (κ1) is 19.5. The van der Waals surface area contributed by atoms with Gasteiger partial charge in [-0.15, -0.1) is 0 Å². The molecule has 4 aromatic rings. The van der Waals surface area contributed by atoms with Crippen LogP contribution in [0.1, 0.15) is 27.5 Å². The van der Waals surface area contributed by atoms with Crippen molar-refractivity contribution in [3.63, 3.8) is 0 Å². The van der Waals surface area contributed by atoms with Crippen molar-refractivity contribution in [1.82, 2.24) is 20.3 Å². The van der Waals surface area contributed by atoms with Crippen molar-refractivity contribution in [2.45, 2.75) is 12.8 Å². The molecule has 30 heavy (non-hydrogen) atoms. The van der Waals surface area contributed by atoms with Crippen LogP contribution in [0, 0.1) is 0 Å². The summed E-state index contributed by atoms with van der Waals surface area (Å²) in [6, 6.07) is 10.9. The molecule has 2 aromatic heterocycles. The highest BCUT2D eigenvalue weighted by molar-refractivity contribution is 5.97. The summed E-state index contributed by atoms with van der Waals surface area (Å²) in [6.45, 7) is 0.514. The third kappa shape index (κ3) is 4.27. The van der Waals surface area contributed by atoms with Gasteiger partial charge in [0.25, 0.3) is 5.91 Å². The van der Waals surface area contributed by atoms with Crippen molar-refractivity contribution >= 4 is 17.0 Å². The van der Waals surface area contributed by atoms with Gasteiger partial charge in [0.2, 0.25) is 0 Å². The minimum atomic E-state index is -0.158. The van der Waals surface area contributed by atoms with Gasteiger partial charge in [-0.25, -0.2) is 9.97 Å². The number of imidazole rings is 1. The molecule has 0 radical (unpaired) electrons. The van der Waals surface area contributed by atoms with Crippen LogP contribution in [0.3, 0.4) is 0 Å². The predicted molar refractivity (Wildman–Crippen MR) is 111 cm³/mol. The van der Waals surface area contributed by atoms with E-state index in [1.165, 1.54) is 0 Å². The molecule has 0 aliphatic heterocycles. The van der Waals surface area contributed by atoms with E-state index in [0.29, 0.717) is 53.4 Å². The normalized spacial score (nSPS) is 10.9. The molecule has 0 atom stereocenters. The quantitative estimate of drug-likeness (QED) is 0.466. The number of ether oxygens (including phenoxy) is 2. The third-order valence-electron chi connectivity index (χ3n) is 4.73. The summed E-state index contributed by atoms with van der Waals surface area (Å²) in [5, 5.41) is 2.90. The molecule has 0 spiro atoms. The number of nitrogens with one attached hydrogen (secondary N) is 2. The number of methoxy groups -OCH3 is 2. The number of aromatic nitrogens is 3. The van der Waals surface area contributed by atoms with Gasteiger partial charge in [-0.2, -0.15) is 0 Å². The van der Waals surface area contributed by atoms with E-state index < -0.39 is 0 Å². The molecule has 2 aromatic carbocycles. The fourth-order valence-corrected chi connectivity index (χ4v) is 3.19. The van der Waals surface area contributed by atoms with Crippen molar-refractivity contribution in [3.8, 4) is 11.5 Å². The number of rotatable bonds is 8. The Morgan fingerprint density at radius 1 is 1.13 bits per heavy atom. The molecule has 0 saturated carbocycles. The standard InChI is InChI=1S/C22H22N4O4/c1-28-18-6-3-14(9-20(18)29-2)10-21-26-17-5-4-15(11-19(17)30-21)22(27)24-8-7-16-12-23-13-25-16/h3-6,9,11-13H,7-8,10H2,1-2H3,(H,23,25)(H,24,27). The third-order valence-corrected chi connectivity index (χ3v) is 4.73. The maximum absolute atomic E-state index is 12.4. The van der Waals surface area contributed by atoms with Crippen molar-refractivity contribution in [2.75, 3.05) is 20.8 Å². The van der Waals surface area contributed by atoms with Crippen LogP contribution in [0.15, 0.2) is 53.3 Å². The number of carbonyl (C=O) groups is 1. The number of carbonyl (C=O) groups excluding carboxylic acids is 1. The van der Waals surface area contributed by atoms with Gasteiger partial charge >= 0.3 is 0 Å². The number of H-pyrrole nitrogens is 1. The highest BCUT2D eigenvalue weighted by Gasteiger charge is 2.12. The topological polar surface area (TPSA) is 102 Å². The molecule has 0 aliphatic rings. The summed E-state index contributed by atoms with van der Waals surface area (Å²) in [5.41, 5.74) is 3.77. The smallest absolute Gasteiger partial charge is 0.251 e. The van der Waals surface area contributed by atoms with E-state index in [0.717, 1.165) is 11.3 Å². The van der Waals surface area contributed by atoms with Crippen molar-refractivity contribution in [2.24, 2.45) is 0 Å². The molecule has 0 fully saturated rings. The molecule has 0 bridgehead atoms. The summed E-state index contributed by atoms with van der Waals surface area (Å²) >= 11 is 0. The van der Waals surface area contributed by atoms with E-state index in [1.54, 1.807) is 44.9 Å². The minimum absolute atomic E-state index is 0.158. The zero-order valence-electron chi connectivity index (χ0n) is 16.8. The average Bonchev–Trinajstić information content (AvgIpc) is 3.42. The zero-order chi connectivity index (χ0) is 20.9. The molecule has 2 heterocycles. The van der Waals surface area contributed by atoms with Gasteiger partial charge in [0.15, 0.2) is 23.0 Å². The number of amides is 1. The number of oxazole rings is 1. The van der Waals surface area contributed by atoms with Crippen LogP contribution in [-0.4, -0.2) is 41.6 Å². The predicted octanol–water partition coefficient (Wildman–Crippen LogP) is 3.13. The Kier molecular flexibility index (Phi) is 5.65. The number of hydrogen-bond acceptors (Lipinski definition) is 6. The first-order chi connectivity index (χ1) is 14.7. The Balaban J connectivity index is 1.45. The maximum atomic E-state index is 12.4. The van der Waals surface area contributed by atoms with Crippen LogP contribution < -0.4 is 14.8 Å². The van der Waals surface area contributed by atoms with Gasteiger partial charge in [-0.1, -0.05) is 6.07 Å². The zero-order valence-corrected chi connectivity index (χ0v) is 16.8. The van der Waals surface area contributed by atoms with Gasteiger partial charge in [0, 0.05) is 36.8 Å². The molecule has 0 saturated heterocycles. The van der Waals surface area contributed by atoms with E-state index in [-0.39, 0.29) is 5.91 Å². The summed E-state index contributed by atoms with van der Waals surface area (Å²) in [6.07, 6.45) is 4.55. The summed E-state index contributed by atoms with van der Waals surface area (Å²) in [5.74, 6) is 1.73. The van der Waals surface area contributed by atoms with Gasteiger partial charge in [0.1, 0.15) is 5.52 Å². The lowest BCUT2D eigenvalue weighted by molar-refractivity contribution is 0.0954.